The quantitative estimate of drug-likeness (QED) is 0.886. The first kappa shape index (κ1) is 12.6. The third-order valence-corrected chi connectivity index (χ3v) is 5.68. The van der Waals surface area contributed by atoms with Gasteiger partial charge in [-0.25, -0.2) is 18.4 Å². The van der Waals surface area contributed by atoms with Gasteiger partial charge in [-0.1, -0.05) is 0 Å². The first-order valence-electron chi connectivity index (χ1n) is 5.81. The van der Waals surface area contributed by atoms with Crippen molar-refractivity contribution >= 4 is 26.5 Å². The Labute approximate surface area is 115 Å². The van der Waals surface area contributed by atoms with E-state index in [-0.39, 0.29) is 5.03 Å². The van der Waals surface area contributed by atoms with Crippen LogP contribution in [0.4, 0.5) is 5.13 Å². The largest absolute Gasteiger partial charge is 0.345 e. The van der Waals surface area contributed by atoms with E-state index in [2.05, 4.69) is 19.9 Å². The average Bonchev–Trinajstić information content (AvgIpc) is 3.12. The minimum Gasteiger partial charge on any atom is -0.345 e. The van der Waals surface area contributed by atoms with Crippen molar-refractivity contribution in [2.24, 2.45) is 0 Å². The van der Waals surface area contributed by atoms with Crippen molar-refractivity contribution in [2.75, 3.05) is 31.1 Å². The molecule has 0 aliphatic carbocycles. The van der Waals surface area contributed by atoms with Crippen LogP contribution in [-0.4, -0.2) is 53.9 Å². The van der Waals surface area contributed by atoms with Crippen LogP contribution in [0.3, 0.4) is 0 Å². The lowest BCUT2D eigenvalue weighted by molar-refractivity contribution is 0.383. The standard InChI is InChI=1S/C10H13N5O2S2/c16-19(17,9-7-11-8-13-9)15-4-2-14(3-5-15)10-12-1-6-18-10/h1,6-8H,2-5H2,(H,11,13). The summed E-state index contributed by atoms with van der Waals surface area (Å²) in [5, 5.41) is 3.01. The highest BCUT2D eigenvalue weighted by molar-refractivity contribution is 7.89. The van der Waals surface area contributed by atoms with Gasteiger partial charge in [-0.15, -0.1) is 11.3 Å². The number of nitrogens with one attached hydrogen (secondary N) is 1. The lowest BCUT2D eigenvalue weighted by atomic mass is 10.4. The van der Waals surface area contributed by atoms with E-state index in [1.165, 1.54) is 16.8 Å². The molecule has 7 nitrogen and oxygen atoms in total. The second-order valence-corrected chi connectivity index (χ2v) is 6.90. The number of piperazine rings is 1. The lowest BCUT2D eigenvalue weighted by Crippen LogP contribution is -2.48. The van der Waals surface area contributed by atoms with Crippen LogP contribution in [0, 0.1) is 0 Å². The topological polar surface area (TPSA) is 82.2 Å². The van der Waals surface area contributed by atoms with Gasteiger partial charge in [0.25, 0.3) is 10.0 Å². The smallest absolute Gasteiger partial charge is 0.260 e. The molecule has 0 atom stereocenters. The zero-order valence-corrected chi connectivity index (χ0v) is 11.7. The van der Waals surface area contributed by atoms with E-state index in [1.807, 2.05) is 5.38 Å². The molecular formula is C10H13N5O2S2. The van der Waals surface area contributed by atoms with Crippen LogP contribution in [0.1, 0.15) is 0 Å². The maximum absolute atomic E-state index is 12.3. The summed E-state index contributed by atoms with van der Waals surface area (Å²) in [5.74, 6) is 0. The molecule has 102 valence electrons. The van der Waals surface area contributed by atoms with Gasteiger partial charge < -0.3 is 9.88 Å². The first-order chi connectivity index (χ1) is 9.18. The maximum atomic E-state index is 12.3. The van der Waals surface area contributed by atoms with E-state index in [4.69, 9.17) is 0 Å². The van der Waals surface area contributed by atoms with Gasteiger partial charge in [0.15, 0.2) is 10.2 Å². The minimum atomic E-state index is -3.44. The second-order valence-electron chi connectivity index (χ2n) is 4.12. The molecule has 3 rings (SSSR count). The number of thiazole rings is 1. The predicted octanol–water partition coefficient (Wildman–Crippen LogP) is 0.377. The number of imidazole rings is 1. The van der Waals surface area contributed by atoms with E-state index >= 15 is 0 Å². The number of hydrogen-bond donors (Lipinski definition) is 1. The maximum Gasteiger partial charge on any atom is 0.260 e. The van der Waals surface area contributed by atoms with Crippen molar-refractivity contribution in [2.45, 2.75) is 5.03 Å². The number of aromatic amines is 1. The molecule has 2 aromatic rings. The third kappa shape index (κ3) is 2.36. The van der Waals surface area contributed by atoms with Gasteiger partial charge in [0.2, 0.25) is 0 Å². The molecule has 1 N–H and O–H groups in total. The normalized spacial score (nSPS) is 17.8. The average molecular weight is 299 g/mol. The Balaban J connectivity index is 1.71. The summed E-state index contributed by atoms with van der Waals surface area (Å²) in [4.78, 5) is 12.7. The highest BCUT2D eigenvalue weighted by Gasteiger charge is 2.29. The van der Waals surface area contributed by atoms with Gasteiger partial charge in [-0.3, -0.25) is 0 Å². The molecule has 3 heterocycles. The fraction of sp³-hybridized carbons (Fsp3) is 0.400. The Kier molecular flexibility index (Phi) is 3.25. The van der Waals surface area contributed by atoms with Crippen LogP contribution in [0.5, 0.6) is 0 Å². The molecule has 0 radical (unpaired) electrons. The van der Waals surface area contributed by atoms with Gasteiger partial charge in [0.05, 0.1) is 12.5 Å². The molecule has 1 saturated heterocycles. The Bertz CT molecular complexity index is 615. The van der Waals surface area contributed by atoms with Crippen molar-refractivity contribution in [3.8, 4) is 0 Å². The van der Waals surface area contributed by atoms with Gasteiger partial charge in [-0.05, 0) is 0 Å². The predicted molar refractivity (Wildman–Crippen MR) is 71.7 cm³/mol. The number of nitrogens with zero attached hydrogens (tertiary/aromatic N) is 4. The highest BCUT2D eigenvalue weighted by atomic mass is 32.2. The molecule has 0 aromatic carbocycles. The van der Waals surface area contributed by atoms with Gasteiger partial charge in [-0.2, -0.15) is 4.31 Å². The van der Waals surface area contributed by atoms with Crippen molar-refractivity contribution in [1.82, 2.24) is 19.3 Å². The number of aromatic nitrogens is 3. The molecule has 1 aliphatic rings. The van der Waals surface area contributed by atoms with Crippen LogP contribution in [-0.2, 0) is 10.0 Å². The van der Waals surface area contributed by atoms with Crippen molar-refractivity contribution < 1.29 is 8.42 Å². The molecule has 0 saturated carbocycles. The Hall–Kier alpha value is -1.45. The number of rotatable bonds is 3. The summed E-state index contributed by atoms with van der Waals surface area (Å²) >= 11 is 1.57. The molecule has 2 aromatic heterocycles. The summed E-state index contributed by atoms with van der Waals surface area (Å²) in [6.07, 6.45) is 4.47. The van der Waals surface area contributed by atoms with Crippen molar-refractivity contribution in [1.29, 1.82) is 0 Å². The van der Waals surface area contributed by atoms with Gasteiger partial charge in [0.1, 0.15) is 0 Å². The van der Waals surface area contributed by atoms with Crippen LogP contribution in [0.25, 0.3) is 0 Å². The van der Waals surface area contributed by atoms with Crippen LogP contribution in [0.15, 0.2) is 29.1 Å². The Morgan fingerprint density at radius 2 is 2.05 bits per heavy atom. The summed E-state index contributed by atoms with van der Waals surface area (Å²) in [6.45, 7) is 2.23. The van der Waals surface area contributed by atoms with E-state index in [0.29, 0.717) is 26.2 Å². The number of hydrogen-bond acceptors (Lipinski definition) is 6. The monoisotopic (exact) mass is 299 g/mol. The molecule has 1 aliphatic heterocycles. The van der Waals surface area contributed by atoms with Crippen molar-refractivity contribution in [3.63, 3.8) is 0 Å². The van der Waals surface area contributed by atoms with E-state index in [1.54, 1.807) is 17.5 Å². The first-order valence-corrected chi connectivity index (χ1v) is 8.13. The van der Waals surface area contributed by atoms with Gasteiger partial charge >= 0.3 is 0 Å². The van der Waals surface area contributed by atoms with Crippen LogP contribution in [0.2, 0.25) is 0 Å². The molecule has 0 bridgehead atoms. The van der Waals surface area contributed by atoms with Gasteiger partial charge in [0, 0.05) is 37.8 Å². The molecule has 1 fully saturated rings. The zero-order chi connectivity index (χ0) is 13.3. The molecule has 0 spiro atoms. The van der Waals surface area contributed by atoms with Crippen LogP contribution >= 0.6 is 11.3 Å². The zero-order valence-electron chi connectivity index (χ0n) is 10.1. The minimum absolute atomic E-state index is 0.148. The van der Waals surface area contributed by atoms with E-state index in [0.717, 1.165) is 5.13 Å². The number of sulfonamides is 1. The molecule has 19 heavy (non-hydrogen) atoms. The summed E-state index contributed by atoms with van der Waals surface area (Å²) < 4.78 is 26.0. The molecule has 0 amide bonds. The highest BCUT2D eigenvalue weighted by Crippen LogP contribution is 2.21. The lowest BCUT2D eigenvalue weighted by Gasteiger charge is -2.33. The van der Waals surface area contributed by atoms with Crippen LogP contribution < -0.4 is 4.90 Å². The summed E-state index contributed by atoms with van der Waals surface area (Å²) in [7, 11) is -3.44. The molecule has 9 heteroatoms. The summed E-state index contributed by atoms with van der Waals surface area (Å²) in [5.41, 5.74) is 0. The number of anilines is 1. The van der Waals surface area contributed by atoms with E-state index in [9.17, 15) is 8.42 Å². The number of H-pyrrole nitrogens is 1. The fourth-order valence-corrected chi connectivity index (χ4v) is 4.03. The van der Waals surface area contributed by atoms with E-state index < -0.39 is 10.0 Å². The SMILES string of the molecule is O=S(=O)(c1cnc[nH]1)N1CCN(c2nccs2)CC1. The molecule has 0 unspecified atom stereocenters. The molecular weight excluding hydrogens is 286 g/mol. The second kappa shape index (κ2) is 4.91. The van der Waals surface area contributed by atoms with Crippen molar-refractivity contribution in [3.05, 3.63) is 24.1 Å². The third-order valence-electron chi connectivity index (χ3n) is 3.02. The Morgan fingerprint density at radius 3 is 2.63 bits per heavy atom. The summed E-state index contributed by atoms with van der Waals surface area (Å²) in [6, 6.07) is 0. The Morgan fingerprint density at radius 1 is 1.26 bits per heavy atom. The fourth-order valence-electron chi connectivity index (χ4n) is 2.02.